The molecule has 0 saturated carbocycles. The molecule has 0 radical (unpaired) electrons. The summed E-state index contributed by atoms with van der Waals surface area (Å²) >= 11 is 0. The summed E-state index contributed by atoms with van der Waals surface area (Å²) in [7, 11) is 2.23. The van der Waals surface area contributed by atoms with Crippen LogP contribution in [0.25, 0.3) is 0 Å². The summed E-state index contributed by atoms with van der Waals surface area (Å²) in [6.07, 6.45) is 7.88. The number of hydrogen-bond acceptors (Lipinski definition) is 4. The van der Waals surface area contributed by atoms with Crippen molar-refractivity contribution in [2.75, 3.05) is 52.9 Å². The quantitative estimate of drug-likeness (QED) is 0.299. The standard InChI is InChI=1S/C20H38N6O.HI/c1-3-21-19(24-17-7-8-18(27)22-15-17)23-16-20(9-13-25(2)14-10-20)26-11-5-4-6-12-26;/h17H,3-16H2,1-2H3,(H,22,27)(H2,21,23,24);1H. The first kappa shape index (κ1) is 23.7. The second-order valence-electron chi connectivity index (χ2n) is 8.45. The third kappa shape index (κ3) is 6.45. The Labute approximate surface area is 187 Å². The van der Waals surface area contributed by atoms with E-state index in [0.29, 0.717) is 13.0 Å². The number of rotatable bonds is 5. The number of nitrogens with one attached hydrogen (secondary N) is 3. The fraction of sp³-hybridized carbons (Fsp3) is 0.900. The van der Waals surface area contributed by atoms with Crippen LogP contribution < -0.4 is 16.0 Å². The van der Waals surface area contributed by atoms with Crippen LogP contribution >= 0.6 is 24.0 Å². The minimum absolute atomic E-state index is 0. The minimum Gasteiger partial charge on any atom is -0.357 e. The lowest BCUT2D eigenvalue weighted by molar-refractivity contribution is -0.122. The molecule has 0 aromatic carbocycles. The van der Waals surface area contributed by atoms with Crippen molar-refractivity contribution in [1.29, 1.82) is 0 Å². The first-order valence-corrected chi connectivity index (χ1v) is 10.9. The Morgan fingerprint density at radius 1 is 1.21 bits per heavy atom. The van der Waals surface area contributed by atoms with Gasteiger partial charge >= 0.3 is 0 Å². The van der Waals surface area contributed by atoms with Gasteiger partial charge in [-0.2, -0.15) is 0 Å². The lowest BCUT2D eigenvalue weighted by Crippen LogP contribution is -2.58. The number of amides is 1. The van der Waals surface area contributed by atoms with Crippen LogP contribution in [0.3, 0.4) is 0 Å². The second-order valence-corrected chi connectivity index (χ2v) is 8.45. The molecule has 7 nitrogen and oxygen atoms in total. The third-order valence-corrected chi connectivity index (χ3v) is 6.43. The van der Waals surface area contributed by atoms with Gasteiger partial charge in [0.05, 0.1) is 6.54 Å². The zero-order chi connectivity index (χ0) is 19.1. The normalized spacial score (nSPS) is 26.9. The van der Waals surface area contributed by atoms with E-state index in [2.05, 4.69) is 39.7 Å². The van der Waals surface area contributed by atoms with Crippen molar-refractivity contribution in [1.82, 2.24) is 25.8 Å². The number of likely N-dealkylation sites (tertiary alicyclic amines) is 2. The molecule has 3 saturated heterocycles. The smallest absolute Gasteiger partial charge is 0.220 e. The number of carbonyl (C=O) groups is 1. The summed E-state index contributed by atoms with van der Waals surface area (Å²) in [5.74, 6) is 1.05. The molecule has 3 fully saturated rings. The molecule has 0 bridgehead atoms. The molecule has 162 valence electrons. The van der Waals surface area contributed by atoms with Gasteiger partial charge in [-0.05, 0) is 72.3 Å². The Morgan fingerprint density at radius 2 is 1.93 bits per heavy atom. The Morgan fingerprint density at radius 3 is 2.54 bits per heavy atom. The van der Waals surface area contributed by atoms with Crippen LogP contribution in [0.2, 0.25) is 0 Å². The molecule has 1 atom stereocenters. The van der Waals surface area contributed by atoms with Crippen LogP contribution in [0.5, 0.6) is 0 Å². The van der Waals surface area contributed by atoms with Crippen LogP contribution in [0.1, 0.15) is 51.9 Å². The highest BCUT2D eigenvalue weighted by atomic mass is 127. The number of aliphatic imine (C=N–C) groups is 1. The predicted octanol–water partition coefficient (Wildman–Crippen LogP) is 1.39. The Bertz CT molecular complexity index is 505. The van der Waals surface area contributed by atoms with Gasteiger partial charge in [-0.25, -0.2) is 0 Å². The van der Waals surface area contributed by atoms with Gasteiger partial charge in [-0.1, -0.05) is 6.42 Å². The van der Waals surface area contributed by atoms with Crippen molar-refractivity contribution in [2.24, 2.45) is 4.99 Å². The number of nitrogens with zero attached hydrogens (tertiary/aromatic N) is 3. The second kappa shape index (κ2) is 11.5. The Balaban J connectivity index is 0.00000280. The molecule has 3 aliphatic heterocycles. The van der Waals surface area contributed by atoms with Gasteiger partial charge in [0.15, 0.2) is 5.96 Å². The number of piperidine rings is 3. The molecular weight excluding hydrogens is 467 g/mol. The van der Waals surface area contributed by atoms with E-state index in [1.807, 2.05) is 0 Å². The van der Waals surface area contributed by atoms with E-state index in [-0.39, 0.29) is 41.5 Å². The molecule has 8 heteroatoms. The number of guanidine groups is 1. The zero-order valence-electron chi connectivity index (χ0n) is 17.6. The third-order valence-electron chi connectivity index (χ3n) is 6.43. The van der Waals surface area contributed by atoms with Crippen LogP contribution in [0, 0.1) is 0 Å². The summed E-state index contributed by atoms with van der Waals surface area (Å²) in [4.78, 5) is 21.6. The van der Waals surface area contributed by atoms with E-state index in [9.17, 15) is 4.79 Å². The summed E-state index contributed by atoms with van der Waals surface area (Å²) in [6.45, 7) is 9.26. The van der Waals surface area contributed by atoms with E-state index in [0.717, 1.165) is 38.6 Å². The van der Waals surface area contributed by atoms with Gasteiger partial charge < -0.3 is 20.9 Å². The topological polar surface area (TPSA) is 72.0 Å². The molecule has 0 spiro atoms. The fourth-order valence-electron chi connectivity index (χ4n) is 4.57. The molecule has 3 N–H and O–H groups in total. The van der Waals surface area contributed by atoms with Crippen molar-refractivity contribution >= 4 is 35.8 Å². The summed E-state index contributed by atoms with van der Waals surface area (Å²) in [6, 6.07) is 0.268. The highest BCUT2D eigenvalue weighted by molar-refractivity contribution is 14.0. The molecule has 3 aliphatic rings. The average molecular weight is 506 g/mol. The fourth-order valence-corrected chi connectivity index (χ4v) is 4.57. The zero-order valence-corrected chi connectivity index (χ0v) is 20.0. The number of halogens is 1. The van der Waals surface area contributed by atoms with Gasteiger partial charge in [0.25, 0.3) is 0 Å². The van der Waals surface area contributed by atoms with Gasteiger partial charge in [0.1, 0.15) is 0 Å². The molecule has 0 aliphatic carbocycles. The van der Waals surface area contributed by atoms with Crippen LogP contribution in [0.15, 0.2) is 4.99 Å². The van der Waals surface area contributed by atoms with E-state index in [1.165, 1.54) is 45.2 Å². The maximum Gasteiger partial charge on any atom is 0.220 e. The largest absolute Gasteiger partial charge is 0.357 e. The first-order valence-electron chi connectivity index (χ1n) is 10.9. The van der Waals surface area contributed by atoms with Crippen LogP contribution in [-0.4, -0.2) is 86.1 Å². The van der Waals surface area contributed by atoms with Crippen molar-refractivity contribution in [3.05, 3.63) is 0 Å². The number of carbonyl (C=O) groups excluding carboxylic acids is 1. The maximum absolute atomic E-state index is 11.4. The van der Waals surface area contributed by atoms with Crippen LogP contribution in [0.4, 0.5) is 0 Å². The lowest BCUT2D eigenvalue weighted by Gasteiger charge is -2.49. The first-order chi connectivity index (χ1) is 13.1. The molecule has 0 aromatic rings. The Kier molecular flexibility index (Phi) is 9.76. The minimum atomic E-state index is 0. The van der Waals surface area contributed by atoms with Crippen molar-refractivity contribution in [2.45, 2.75) is 63.5 Å². The van der Waals surface area contributed by atoms with Gasteiger partial charge in [0, 0.05) is 31.1 Å². The molecule has 0 aromatic heterocycles. The summed E-state index contributed by atoms with van der Waals surface area (Å²) < 4.78 is 0. The molecule has 28 heavy (non-hydrogen) atoms. The van der Waals surface area contributed by atoms with E-state index < -0.39 is 0 Å². The van der Waals surface area contributed by atoms with E-state index in [1.54, 1.807) is 0 Å². The number of hydrogen-bond donors (Lipinski definition) is 3. The molecule has 1 unspecified atom stereocenters. The predicted molar refractivity (Wildman–Crippen MR) is 125 cm³/mol. The molecule has 3 heterocycles. The van der Waals surface area contributed by atoms with Crippen molar-refractivity contribution in [3.63, 3.8) is 0 Å². The monoisotopic (exact) mass is 506 g/mol. The van der Waals surface area contributed by atoms with Crippen LogP contribution in [-0.2, 0) is 4.79 Å². The lowest BCUT2D eigenvalue weighted by atomic mass is 9.84. The average Bonchev–Trinajstić information content (AvgIpc) is 2.70. The summed E-state index contributed by atoms with van der Waals surface area (Å²) in [5, 5.41) is 9.90. The van der Waals surface area contributed by atoms with Crippen molar-refractivity contribution in [3.8, 4) is 0 Å². The van der Waals surface area contributed by atoms with Crippen molar-refractivity contribution < 1.29 is 4.79 Å². The van der Waals surface area contributed by atoms with E-state index >= 15 is 0 Å². The molecule has 1 amide bonds. The summed E-state index contributed by atoms with van der Waals surface area (Å²) in [5.41, 5.74) is 0.204. The molecule has 3 rings (SSSR count). The van der Waals surface area contributed by atoms with E-state index in [4.69, 9.17) is 4.99 Å². The van der Waals surface area contributed by atoms with Gasteiger partial charge in [-0.15, -0.1) is 24.0 Å². The highest BCUT2D eigenvalue weighted by Crippen LogP contribution is 2.31. The Hall–Kier alpha value is -0.610. The maximum atomic E-state index is 11.4. The van der Waals surface area contributed by atoms with Gasteiger partial charge in [-0.3, -0.25) is 14.7 Å². The molecular formula is C20H39IN6O. The van der Waals surface area contributed by atoms with Gasteiger partial charge in [0.2, 0.25) is 5.91 Å². The highest BCUT2D eigenvalue weighted by Gasteiger charge is 2.39. The SMILES string of the molecule is CCNC(=NCC1(N2CCCCC2)CCN(C)CC1)NC1CCC(=O)NC1.I.